The molecule has 5 nitrogen and oxygen atoms in total. The van der Waals surface area contributed by atoms with Crippen LogP contribution in [0.4, 0.5) is 0 Å². The van der Waals surface area contributed by atoms with Gasteiger partial charge in [0.2, 0.25) is 10.0 Å². The van der Waals surface area contributed by atoms with Gasteiger partial charge >= 0.3 is 5.97 Å². The van der Waals surface area contributed by atoms with Gasteiger partial charge in [0, 0.05) is 6.54 Å². The standard InChI is InChI=1S/C14H19NO4S2/c16-14(17)13-3-1-2-12(8-13)10-21(18,19)15-9-11-4-6-20-7-5-11/h1-3,8,11,15H,4-7,9-10H2,(H,16,17). The van der Waals surface area contributed by atoms with E-state index in [1.165, 1.54) is 12.1 Å². The number of benzene rings is 1. The van der Waals surface area contributed by atoms with Crippen molar-refractivity contribution in [1.82, 2.24) is 4.72 Å². The molecule has 1 fully saturated rings. The Morgan fingerprint density at radius 3 is 2.71 bits per heavy atom. The van der Waals surface area contributed by atoms with E-state index < -0.39 is 16.0 Å². The second kappa shape index (κ2) is 7.29. The Morgan fingerprint density at radius 1 is 1.33 bits per heavy atom. The molecule has 0 radical (unpaired) electrons. The zero-order valence-corrected chi connectivity index (χ0v) is 13.3. The molecular formula is C14H19NO4S2. The maximum Gasteiger partial charge on any atom is 0.335 e. The average molecular weight is 329 g/mol. The summed E-state index contributed by atoms with van der Waals surface area (Å²) in [6.07, 6.45) is 2.09. The Hall–Kier alpha value is -1.05. The second-order valence-electron chi connectivity index (χ2n) is 5.17. The molecule has 0 aromatic heterocycles. The highest BCUT2D eigenvalue weighted by Crippen LogP contribution is 2.22. The van der Waals surface area contributed by atoms with E-state index in [0.717, 1.165) is 24.3 Å². The predicted molar refractivity (Wildman–Crippen MR) is 84.1 cm³/mol. The highest BCUT2D eigenvalue weighted by Gasteiger charge is 2.18. The van der Waals surface area contributed by atoms with Gasteiger partial charge in [0.05, 0.1) is 11.3 Å². The van der Waals surface area contributed by atoms with Crippen LogP contribution in [0.5, 0.6) is 0 Å². The predicted octanol–water partition coefficient (Wildman–Crippen LogP) is 1.95. The highest BCUT2D eigenvalue weighted by molar-refractivity contribution is 7.99. The number of hydrogen-bond acceptors (Lipinski definition) is 4. The third-order valence-corrected chi connectivity index (χ3v) is 5.83. The van der Waals surface area contributed by atoms with Crippen LogP contribution in [0.3, 0.4) is 0 Å². The summed E-state index contributed by atoms with van der Waals surface area (Å²) in [6.45, 7) is 0.474. The Kier molecular flexibility index (Phi) is 5.66. The van der Waals surface area contributed by atoms with Crippen molar-refractivity contribution in [2.75, 3.05) is 18.1 Å². The molecule has 1 heterocycles. The van der Waals surface area contributed by atoms with Crippen molar-refractivity contribution in [3.63, 3.8) is 0 Å². The summed E-state index contributed by atoms with van der Waals surface area (Å²) >= 11 is 1.91. The van der Waals surface area contributed by atoms with Crippen molar-refractivity contribution < 1.29 is 18.3 Å². The first-order chi connectivity index (χ1) is 9.96. The second-order valence-corrected chi connectivity index (χ2v) is 8.20. The summed E-state index contributed by atoms with van der Waals surface area (Å²) in [6, 6.07) is 6.04. The third kappa shape index (κ3) is 5.33. The van der Waals surface area contributed by atoms with Crippen LogP contribution < -0.4 is 4.72 Å². The van der Waals surface area contributed by atoms with E-state index >= 15 is 0 Å². The van der Waals surface area contributed by atoms with Crippen LogP contribution in [0, 0.1) is 5.92 Å². The molecule has 1 aromatic carbocycles. The van der Waals surface area contributed by atoms with Gasteiger partial charge in [0.15, 0.2) is 0 Å². The molecule has 0 atom stereocenters. The van der Waals surface area contributed by atoms with Gasteiger partial charge < -0.3 is 5.11 Å². The molecule has 0 unspecified atom stereocenters. The molecule has 1 saturated heterocycles. The topological polar surface area (TPSA) is 83.5 Å². The summed E-state index contributed by atoms with van der Waals surface area (Å²) < 4.78 is 26.8. The molecule has 0 spiro atoms. The van der Waals surface area contributed by atoms with Gasteiger partial charge in [-0.25, -0.2) is 17.9 Å². The molecule has 2 rings (SSSR count). The molecule has 1 aliphatic heterocycles. The van der Waals surface area contributed by atoms with Gasteiger partial charge in [0.25, 0.3) is 0 Å². The lowest BCUT2D eigenvalue weighted by molar-refractivity contribution is 0.0696. The van der Waals surface area contributed by atoms with Crippen molar-refractivity contribution in [2.24, 2.45) is 5.92 Å². The minimum atomic E-state index is -3.43. The first-order valence-corrected chi connectivity index (χ1v) is 9.64. The van der Waals surface area contributed by atoms with Gasteiger partial charge in [-0.15, -0.1) is 0 Å². The van der Waals surface area contributed by atoms with Crippen molar-refractivity contribution in [3.8, 4) is 0 Å². The zero-order chi connectivity index (χ0) is 15.3. The molecule has 0 aliphatic carbocycles. The lowest BCUT2D eigenvalue weighted by atomic mass is 10.0. The lowest BCUT2D eigenvalue weighted by Gasteiger charge is -2.21. The smallest absolute Gasteiger partial charge is 0.335 e. The van der Waals surface area contributed by atoms with E-state index in [1.807, 2.05) is 11.8 Å². The monoisotopic (exact) mass is 329 g/mol. The molecule has 1 aromatic rings. The van der Waals surface area contributed by atoms with E-state index in [-0.39, 0.29) is 11.3 Å². The van der Waals surface area contributed by atoms with Crippen LogP contribution in [0.2, 0.25) is 0 Å². The maximum absolute atomic E-state index is 12.1. The maximum atomic E-state index is 12.1. The summed E-state index contributed by atoms with van der Waals surface area (Å²) in [5.41, 5.74) is 0.591. The molecule has 1 aliphatic rings. The molecule has 116 valence electrons. The fraction of sp³-hybridized carbons (Fsp3) is 0.500. The molecule has 0 amide bonds. The quantitative estimate of drug-likeness (QED) is 0.833. The van der Waals surface area contributed by atoms with Crippen LogP contribution in [0.1, 0.15) is 28.8 Å². The Balaban J connectivity index is 1.93. The van der Waals surface area contributed by atoms with Crippen LogP contribution in [-0.2, 0) is 15.8 Å². The number of thioether (sulfide) groups is 1. The average Bonchev–Trinajstić information content (AvgIpc) is 2.46. The molecule has 0 bridgehead atoms. The van der Waals surface area contributed by atoms with Crippen molar-refractivity contribution >= 4 is 27.8 Å². The van der Waals surface area contributed by atoms with Gasteiger partial charge in [-0.2, -0.15) is 11.8 Å². The number of carboxylic acid groups (broad SMARTS) is 1. The molecule has 7 heteroatoms. The number of nitrogens with one attached hydrogen (secondary N) is 1. The van der Waals surface area contributed by atoms with Crippen LogP contribution in [-0.4, -0.2) is 37.5 Å². The fourth-order valence-electron chi connectivity index (χ4n) is 2.26. The number of sulfonamides is 1. The van der Waals surface area contributed by atoms with Crippen molar-refractivity contribution in [3.05, 3.63) is 35.4 Å². The molecule has 21 heavy (non-hydrogen) atoms. The number of carboxylic acids is 1. The van der Waals surface area contributed by atoms with E-state index in [1.54, 1.807) is 12.1 Å². The third-order valence-electron chi connectivity index (χ3n) is 3.46. The van der Waals surface area contributed by atoms with Gasteiger partial charge in [-0.1, -0.05) is 12.1 Å². The van der Waals surface area contributed by atoms with E-state index in [9.17, 15) is 13.2 Å². The fourth-order valence-corrected chi connectivity index (χ4v) is 4.67. The largest absolute Gasteiger partial charge is 0.478 e. The summed E-state index contributed by atoms with van der Waals surface area (Å²) in [5.74, 6) is 1.35. The zero-order valence-electron chi connectivity index (χ0n) is 11.6. The van der Waals surface area contributed by atoms with E-state index in [0.29, 0.717) is 18.0 Å². The Labute approximate surface area is 129 Å². The first-order valence-electron chi connectivity index (χ1n) is 6.83. The van der Waals surface area contributed by atoms with Crippen LogP contribution >= 0.6 is 11.8 Å². The van der Waals surface area contributed by atoms with Crippen molar-refractivity contribution in [1.29, 1.82) is 0 Å². The SMILES string of the molecule is O=C(O)c1cccc(CS(=O)(=O)NCC2CCSCC2)c1. The van der Waals surface area contributed by atoms with Gasteiger partial charge in [-0.3, -0.25) is 0 Å². The first kappa shape index (κ1) is 16.3. The van der Waals surface area contributed by atoms with Gasteiger partial charge in [0.1, 0.15) is 0 Å². The number of carbonyl (C=O) groups is 1. The molecule has 0 saturated carbocycles. The minimum Gasteiger partial charge on any atom is -0.478 e. The number of rotatable bonds is 6. The Bertz CT molecular complexity index is 595. The minimum absolute atomic E-state index is 0.104. The summed E-state index contributed by atoms with van der Waals surface area (Å²) in [7, 11) is -3.43. The van der Waals surface area contributed by atoms with Crippen LogP contribution in [0.15, 0.2) is 24.3 Å². The lowest BCUT2D eigenvalue weighted by Crippen LogP contribution is -2.31. The van der Waals surface area contributed by atoms with Crippen LogP contribution in [0.25, 0.3) is 0 Å². The number of hydrogen-bond donors (Lipinski definition) is 2. The summed E-state index contributed by atoms with van der Waals surface area (Å²) in [5, 5.41) is 8.91. The Morgan fingerprint density at radius 2 is 2.05 bits per heavy atom. The van der Waals surface area contributed by atoms with E-state index in [2.05, 4.69) is 4.72 Å². The summed E-state index contributed by atoms with van der Waals surface area (Å²) in [4.78, 5) is 10.9. The molecule has 2 N–H and O–H groups in total. The normalized spacial score (nSPS) is 16.8. The number of aromatic carboxylic acids is 1. The molecular weight excluding hydrogens is 310 g/mol. The highest BCUT2D eigenvalue weighted by atomic mass is 32.2. The van der Waals surface area contributed by atoms with Gasteiger partial charge in [-0.05, 0) is 48.0 Å². The van der Waals surface area contributed by atoms with E-state index in [4.69, 9.17) is 5.11 Å². The van der Waals surface area contributed by atoms with Crippen molar-refractivity contribution in [2.45, 2.75) is 18.6 Å².